The zero-order chi connectivity index (χ0) is 18.5. The molecule has 0 bridgehead atoms. The molecule has 0 aromatic heterocycles. The van der Waals surface area contributed by atoms with Gasteiger partial charge in [-0.25, -0.2) is 0 Å². The number of nitrogens with zero attached hydrogens (tertiary/aromatic N) is 3. The molecular weight excluding hydrogens is 328 g/mol. The van der Waals surface area contributed by atoms with Crippen LogP contribution in [0.4, 0.5) is 11.4 Å². The Morgan fingerprint density at radius 3 is 2.58 bits per heavy atom. The lowest BCUT2D eigenvalue weighted by molar-refractivity contribution is -0.143. The number of nitriles is 1. The SMILES string of the molecule is CN1CCN(C(=O)C(=O)Nc2ccc(CC#N)cc2)Cc2ccccc21. The number of hydrogen-bond donors (Lipinski definition) is 1. The first-order valence-electron chi connectivity index (χ1n) is 8.43. The maximum Gasteiger partial charge on any atom is 0.313 e. The molecule has 0 saturated carbocycles. The molecular formula is C20H20N4O2. The lowest BCUT2D eigenvalue weighted by atomic mass is 10.1. The van der Waals surface area contributed by atoms with Crippen LogP contribution in [0.15, 0.2) is 48.5 Å². The highest BCUT2D eigenvalue weighted by molar-refractivity contribution is 6.39. The van der Waals surface area contributed by atoms with Crippen molar-refractivity contribution in [1.29, 1.82) is 5.26 Å². The third-order valence-electron chi connectivity index (χ3n) is 4.45. The number of rotatable bonds is 2. The quantitative estimate of drug-likeness (QED) is 0.844. The van der Waals surface area contributed by atoms with Gasteiger partial charge in [0.1, 0.15) is 0 Å². The molecule has 0 saturated heterocycles. The minimum Gasteiger partial charge on any atom is -0.373 e. The normalized spacial score (nSPS) is 13.4. The molecule has 1 heterocycles. The van der Waals surface area contributed by atoms with Crippen molar-refractivity contribution in [2.75, 3.05) is 30.4 Å². The average Bonchev–Trinajstić information content (AvgIpc) is 2.82. The molecule has 3 rings (SSSR count). The second-order valence-corrected chi connectivity index (χ2v) is 6.26. The zero-order valence-corrected chi connectivity index (χ0v) is 14.6. The Balaban J connectivity index is 1.69. The fourth-order valence-electron chi connectivity index (χ4n) is 2.99. The second kappa shape index (κ2) is 7.70. The summed E-state index contributed by atoms with van der Waals surface area (Å²) >= 11 is 0. The minimum absolute atomic E-state index is 0.313. The Hall–Kier alpha value is -3.33. The first-order chi connectivity index (χ1) is 12.6. The van der Waals surface area contributed by atoms with E-state index in [1.165, 1.54) is 0 Å². The van der Waals surface area contributed by atoms with Crippen LogP contribution in [0, 0.1) is 11.3 Å². The fraction of sp³-hybridized carbons (Fsp3) is 0.250. The van der Waals surface area contributed by atoms with Crippen LogP contribution >= 0.6 is 0 Å². The highest BCUT2D eigenvalue weighted by Gasteiger charge is 2.25. The van der Waals surface area contributed by atoms with E-state index in [-0.39, 0.29) is 0 Å². The fourth-order valence-corrected chi connectivity index (χ4v) is 2.99. The van der Waals surface area contributed by atoms with Gasteiger partial charge in [0.15, 0.2) is 0 Å². The van der Waals surface area contributed by atoms with E-state index in [1.54, 1.807) is 29.2 Å². The van der Waals surface area contributed by atoms with Crippen molar-refractivity contribution in [3.05, 3.63) is 59.7 Å². The molecule has 2 aromatic rings. The third kappa shape index (κ3) is 3.83. The number of para-hydroxylation sites is 1. The van der Waals surface area contributed by atoms with Crippen molar-refractivity contribution >= 4 is 23.2 Å². The Morgan fingerprint density at radius 2 is 1.85 bits per heavy atom. The maximum atomic E-state index is 12.6. The monoisotopic (exact) mass is 348 g/mol. The first-order valence-corrected chi connectivity index (χ1v) is 8.43. The van der Waals surface area contributed by atoms with Crippen LogP contribution in [-0.2, 0) is 22.6 Å². The summed E-state index contributed by atoms with van der Waals surface area (Å²) in [6.07, 6.45) is 0.313. The predicted octanol–water partition coefficient (Wildman–Crippen LogP) is 2.17. The van der Waals surface area contributed by atoms with Gasteiger partial charge in [0.2, 0.25) is 0 Å². The molecule has 1 aliphatic rings. The Labute approximate surface area is 152 Å². The predicted molar refractivity (Wildman–Crippen MR) is 99.5 cm³/mol. The first kappa shape index (κ1) is 17.5. The molecule has 6 heteroatoms. The van der Waals surface area contributed by atoms with Crippen LogP contribution in [0.25, 0.3) is 0 Å². The van der Waals surface area contributed by atoms with Gasteiger partial charge >= 0.3 is 11.8 Å². The molecule has 0 fully saturated rings. The van der Waals surface area contributed by atoms with Crippen LogP contribution in [-0.4, -0.2) is 36.9 Å². The Kier molecular flexibility index (Phi) is 5.18. The molecule has 0 radical (unpaired) electrons. The summed E-state index contributed by atoms with van der Waals surface area (Å²) in [5.74, 6) is -1.20. The summed E-state index contributed by atoms with van der Waals surface area (Å²) in [5, 5.41) is 11.3. The summed E-state index contributed by atoms with van der Waals surface area (Å²) in [6.45, 7) is 1.56. The molecule has 6 nitrogen and oxygen atoms in total. The van der Waals surface area contributed by atoms with E-state index in [0.29, 0.717) is 31.7 Å². The van der Waals surface area contributed by atoms with Crippen molar-refractivity contribution in [2.24, 2.45) is 0 Å². The highest BCUT2D eigenvalue weighted by Crippen LogP contribution is 2.23. The van der Waals surface area contributed by atoms with Crippen LogP contribution in [0.2, 0.25) is 0 Å². The van der Waals surface area contributed by atoms with E-state index in [0.717, 1.165) is 16.8 Å². The molecule has 132 valence electrons. The lowest BCUT2D eigenvalue weighted by Gasteiger charge is -2.20. The molecule has 2 aromatic carbocycles. The molecule has 1 aliphatic heterocycles. The van der Waals surface area contributed by atoms with Gasteiger partial charge in [-0.2, -0.15) is 5.26 Å². The molecule has 2 amide bonds. The van der Waals surface area contributed by atoms with Crippen molar-refractivity contribution < 1.29 is 9.59 Å². The van der Waals surface area contributed by atoms with Gasteiger partial charge in [-0.3, -0.25) is 9.59 Å². The van der Waals surface area contributed by atoms with Gasteiger partial charge in [0.25, 0.3) is 0 Å². The number of carbonyl (C=O) groups excluding carboxylic acids is 2. The summed E-state index contributed by atoms with van der Waals surface area (Å²) in [7, 11) is 1.98. The van der Waals surface area contributed by atoms with Crippen LogP contribution in [0.3, 0.4) is 0 Å². The number of fused-ring (bicyclic) bond motifs is 1. The third-order valence-corrected chi connectivity index (χ3v) is 4.45. The van der Waals surface area contributed by atoms with Crippen LogP contribution < -0.4 is 10.2 Å². The standard InChI is InChI=1S/C20H20N4O2/c1-23-12-13-24(14-16-4-2-3-5-18(16)23)20(26)19(25)22-17-8-6-15(7-9-17)10-11-21/h2-9H,10,12-14H2,1H3,(H,22,25). The average molecular weight is 348 g/mol. The molecule has 0 atom stereocenters. The summed E-state index contributed by atoms with van der Waals surface area (Å²) in [4.78, 5) is 28.6. The summed E-state index contributed by atoms with van der Waals surface area (Å²) in [6, 6.07) is 16.9. The Bertz CT molecular complexity index is 855. The van der Waals surface area contributed by atoms with Crippen molar-refractivity contribution in [3.63, 3.8) is 0 Å². The van der Waals surface area contributed by atoms with Gasteiger partial charge in [-0.15, -0.1) is 0 Å². The van der Waals surface area contributed by atoms with Crippen LogP contribution in [0.1, 0.15) is 11.1 Å². The topological polar surface area (TPSA) is 76.4 Å². The highest BCUT2D eigenvalue weighted by atomic mass is 16.2. The summed E-state index contributed by atoms with van der Waals surface area (Å²) in [5.41, 5.74) is 3.51. The van der Waals surface area contributed by atoms with E-state index >= 15 is 0 Å². The number of carbonyl (C=O) groups is 2. The van der Waals surface area contributed by atoms with Crippen LogP contribution in [0.5, 0.6) is 0 Å². The number of likely N-dealkylation sites (N-methyl/N-ethyl adjacent to an activating group) is 1. The number of benzene rings is 2. The smallest absolute Gasteiger partial charge is 0.313 e. The Morgan fingerprint density at radius 1 is 1.12 bits per heavy atom. The van der Waals surface area contributed by atoms with Crippen molar-refractivity contribution in [3.8, 4) is 6.07 Å². The van der Waals surface area contributed by atoms with E-state index in [2.05, 4.69) is 16.3 Å². The van der Waals surface area contributed by atoms with Gasteiger partial charge in [-0.1, -0.05) is 30.3 Å². The molecule has 0 aliphatic carbocycles. The minimum atomic E-state index is -0.653. The molecule has 1 N–H and O–H groups in total. The van der Waals surface area contributed by atoms with Gasteiger partial charge < -0.3 is 15.1 Å². The number of hydrogen-bond acceptors (Lipinski definition) is 4. The van der Waals surface area contributed by atoms with E-state index in [4.69, 9.17) is 5.26 Å². The van der Waals surface area contributed by atoms with E-state index in [1.807, 2.05) is 31.3 Å². The van der Waals surface area contributed by atoms with Gasteiger partial charge in [-0.05, 0) is 29.3 Å². The van der Waals surface area contributed by atoms with Crippen molar-refractivity contribution in [2.45, 2.75) is 13.0 Å². The molecule has 26 heavy (non-hydrogen) atoms. The summed E-state index contributed by atoms with van der Waals surface area (Å²) < 4.78 is 0. The zero-order valence-electron chi connectivity index (χ0n) is 14.6. The van der Waals surface area contributed by atoms with Gasteiger partial charge in [0, 0.05) is 38.1 Å². The van der Waals surface area contributed by atoms with Gasteiger partial charge in [0.05, 0.1) is 12.5 Å². The molecule has 0 spiro atoms. The molecule has 0 unspecified atom stereocenters. The largest absolute Gasteiger partial charge is 0.373 e. The maximum absolute atomic E-state index is 12.6. The van der Waals surface area contributed by atoms with E-state index < -0.39 is 11.8 Å². The lowest BCUT2D eigenvalue weighted by Crippen LogP contribution is -2.41. The van der Waals surface area contributed by atoms with Crippen molar-refractivity contribution in [1.82, 2.24) is 4.90 Å². The number of amides is 2. The number of anilines is 2. The second-order valence-electron chi connectivity index (χ2n) is 6.26. The van der Waals surface area contributed by atoms with E-state index in [9.17, 15) is 9.59 Å². The number of nitrogens with one attached hydrogen (secondary N) is 1.